The molecule has 0 aliphatic heterocycles. The van der Waals surface area contributed by atoms with Crippen LogP contribution in [0.4, 0.5) is 19.0 Å². The first-order valence-corrected chi connectivity index (χ1v) is 7.48. The maximum atomic E-state index is 12.4. The van der Waals surface area contributed by atoms with Gasteiger partial charge in [-0.25, -0.2) is 4.98 Å². The zero-order valence-electron chi connectivity index (χ0n) is 13.5. The summed E-state index contributed by atoms with van der Waals surface area (Å²) in [6.07, 6.45) is -3.14. The third kappa shape index (κ3) is 5.98. The molecule has 134 valence electrons. The normalized spacial score (nSPS) is 11.0. The van der Waals surface area contributed by atoms with Gasteiger partial charge in [0.2, 0.25) is 5.91 Å². The largest absolute Gasteiger partial charge is 0.497 e. The van der Waals surface area contributed by atoms with Crippen molar-refractivity contribution < 1.29 is 27.4 Å². The highest BCUT2D eigenvalue weighted by atomic mass is 19.4. The quantitative estimate of drug-likeness (QED) is 0.766. The second-order valence-corrected chi connectivity index (χ2v) is 5.11. The standard InChI is InChI=1S/C17H17F3N2O3/c1-24-13-5-7-14(8-6-13)25-10-2-3-16(23)22-15-9-4-12(11-21-15)17(18,19)20/h4-9,11H,2-3,10H2,1H3,(H,21,22,23). The zero-order valence-corrected chi connectivity index (χ0v) is 13.5. The molecule has 5 nitrogen and oxygen atoms in total. The van der Waals surface area contributed by atoms with Crippen molar-refractivity contribution in [3.8, 4) is 11.5 Å². The Morgan fingerprint density at radius 3 is 2.36 bits per heavy atom. The fourth-order valence-corrected chi connectivity index (χ4v) is 1.94. The minimum atomic E-state index is -4.45. The first-order chi connectivity index (χ1) is 11.9. The first kappa shape index (κ1) is 18.6. The number of alkyl halides is 3. The van der Waals surface area contributed by atoms with Crippen molar-refractivity contribution in [3.05, 3.63) is 48.2 Å². The second-order valence-electron chi connectivity index (χ2n) is 5.11. The predicted octanol–water partition coefficient (Wildman–Crippen LogP) is 3.91. The number of nitrogens with one attached hydrogen (secondary N) is 1. The van der Waals surface area contributed by atoms with Gasteiger partial charge in [-0.3, -0.25) is 4.79 Å². The lowest BCUT2D eigenvalue weighted by atomic mass is 10.2. The third-order valence-corrected chi connectivity index (χ3v) is 3.23. The molecule has 25 heavy (non-hydrogen) atoms. The summed E-state index contributed by atoms with van der Waals surface area (Å²) >= 11 is 0. The number of anilines is 1. The van der Waals surface area contributed by atoms with Crippen LogP contribution in [0.25, 0.3) is 0 Å². The van der Waals surface area contributed by atoms with Crippen molar-refractivity contribution in [1.82, 2.24) is 4.98 Å². The second kappa shape index (κ2) is 8.36. The molecule has 1 aromatic heterocycles. The van der Waals surface area contributed by atoms with E-state index in [1.54, 1.807) is 31.4 Å². The third-order valence-electron chi connectivity index (χ3n) is 3.23. The molecule has 2 rings (SSSR count). The fourth-order valence-electron chi connectivity index (χ4n) is 1.94. The smallest absolute Gasteiger partial charge is 0.417 e. The molecule has 0 bridgehead atoms. The number of ether oxygens (including phenoxy) is 2. The maximum Gasteiger partial charge on any atom is 0.417 e. The summed E-state index contributed by atoms with van der Waals surface area (Å²) < 4.78 is 47.8. The van der Waals surface area contributed by atoms with Gasteiger partial charge < -0.3 is 14.8 Å². The van der Waals surface area contributed by atoms with Gasteiger partial charge >= 0.3 is 6.18 Å². The molecule has 0 saturated carbocycles. The van der Waals surface area contributed by atoms with Crippen molar-refractivity contribution in [3.63, 3.8) is 0 Å². The lowest BCUT2D eigenvalue weighted by molar-refractivity contribution is -0.137. The number of benzene rings is 1. The summed E-state index contributed by atoms with van der Waals surface area (Å²) in [4.78, 5) is 15.3. The topological polar surface area (TPSA) is 60.5 Å². The lowest BCUT2D eigenvalue weighted by Crippen LogP contribution is -2.14. The maximum absolute atomic E-state index is 12.4. The average Bonchev–Trinajstić information content (AvgIpc) is 2.59. The molecule has 0 aliphatic carbocycles. The molecule has 0 aliphatic rings. The number of amides is 1. The van der Waals surface area contributed by atoms with Crippen LogP contribution in [0.1, 0.15) is 18.4 Å². The van der Waals surface area contributed by atoms with Gasteiger partial charge in [-0.15, -0.1) is 0 Å². The van der Waals surface area contributed by atoms with Crippen molar-refractivity contribution in [2.24, 2.45) is 0 Å². The van der Waals surface area contributed by atoms with E-state index in [2.05, 4.69) is 10.3 Å². The first-order valence-electron chi connectivity index (χ1n) is 7.48. The van der Waals surface area contributed by atoms with Crippen molar-refractivity contribution >= 4 is 11.7 Å². The number of nitrogens with zero attached hydrogens (tertiary/aromatic N) is 1. The van der Waals surface area contributed by atoms with Crippen LogP contribution >= 0.6 is 0 Å². The number of hydrogen-bond acceptors (Lipinski definition) is 4. The number of halogens is 3. The molecule has 0 atom stereocenters. The molecule has 0 radical (unpaired) electrons. The monoisotopic (exact) mass is 354 g/mol. The molecule has 8 heteroatoms. The van der Waals surface area contributed by atoms with Gasteiger partial charge in [0.25, 0.3) is 0 Å². The molecule has 1 heterocycles. The van der Waals surface area contributed by atoms with Gasteiger partial charge in [0, 0.05) is 12.6 Å². The van der Waals surface area contributed by atoms with Gasteiger partial charge in [0.05, 0.1) is 19.3 Å². The van der Waals surface area contributed by atoms with Gasteiger partial charge in [-0.05, 0) is 42.8 Å². The summed E-state index contributed by atoms with van der Waals surface area (Å²) in [5, 5.41) is 2.44. The summed E-state index contributed by atoms with van der Waals surface area (Å²) in [5.41, 5.74) is -0.863. The van der Waals surface area contributed by atoms with Gasteiger partial charge in [-0.1, -0.05) is 0 Å². The van der Waals surface area contributed by atoms with E-state index in [1.807, 2.05) is 0 Å². The molecule has 0 unspecified atom stereocenters. The molecular formula is C17H17F3N2O3. The van der Waals surface area contributed by atoms with E-state index in [0.717, 1.165) is 17.9 Å². The Morgan fingerprint density at radius 1 is 1.12 bits per heavy atom. The van der Waals surface area contributed by atoms with E-state index < -0.39 is 11.7 Å². The van der Waals surface area contributed by atoms with Crippen molar-refractivity contribution in [1.29, 1.82) is 0 Å². The minimum Gasteiger partial charge on any atom is -0.497 e. The Hall–Kier alpha value is -2.77. The molecule has 0 spiro atoms. The van der Waals surface area contributed by atoms with E-state index >= 15 is 0 Å². The summed E-state index contributed by atoms with van der Waals surface area (Å²) in [7, 11) is 1.57. The summed E-state index contributed by atoms with van der Waals surface area (Å²) in [6.45, 7) is 0.334. The summed E-state index contributed by atoms with van der Waals surface area (Å²) in [6, 6.07) is 9.02. The number of carbonyl (C=O) groups excluding carboxylic acids is 1. The lowest BCUT2D eigenvalue weighted by Gasteiger charge is -2.09. The Labute approximate surface area is 142 Å². The van der Waals surface area contributed by atoms with E-state index in [9.17, 15) is 18.0 Å². The Morgan fingerprint density at radius 2 is 1.80 bits per heavy atom. The fraction of sp³-hybridized carbons (Fsp3) is 0.294. The van der Waals surface area contributed by atoms with Crippen LogP contribution in [0, 0.1) is 0 Å². The van der Waals surface area contributed by atoms with Crippen LogP contribution in [-0.2, 0) is 11.0 Å². The Kier molecular flexibility index (Phi) is 6.21. The highest BCUT2D eigenvalue weighted by molar-refractivity contribution is 5.89. The molecule has 1 amide bonds. The van der Waals surface area contributed by atoms with Crippen molar-refractivity contribution in [2.45, 2.75) is 19.0 Å². The zero-order chi connectivity index (χ0) is 18.3. The molecule has 1 aromatic carbocycles. The van der Waals surface area contributed by atoms with E-state index in [4.69, 9.17) is 9.47 Å². The molecular weight excluding hydrogens is 337 g/mol. The van der Waals surface area contributed by atoms with Crippen molar-refractivity contribution in [2.75, 3.05) is 19.0 Å². The Bertz CT molecular complexity index is 686. The van der Waals surface area contributed by atoms with Crippen LogP contribution < -0.4 is 14.8 Å². The van der Waals surface area contributed by atoms with Crippen LogP contribution in [0.15, 0.2) is 42.6 Å². The van der Waals surface area contributed by atoms with Gasteiger partial charge in [-0.2, -0.15) is 13.2 Å². The number of methoxy groups -OCH3 is 1. The minimum absolute atomic E-state index is 0.0778. The van der Waals surface area contributed by atoms with Crippen LogP contribution in [-0.4, -0.2) is 24.6 Å². The molecule has 1 N–H and O–H groups in total. The number of rotatable bonds is 7. The summed E-state index contributed by atoms with van der Waals surface area (Å²) in [5.74, 6) is 1.11. The number of carbonyl (C=O) groups is 1. The average molecular weight is 354 g/mol. The number of hydrogen-bond donors (Lipinski definition) is 1. The van der Waals surface area contributed by atoms with E-state index in [-0.39, 0.29) is 18.1 Å². The molecule has 0 fully saturated rings. The van der Waals surface area contributed by atoms with Gasteiger partial charge in [0.1, 0.15) is 17.3 Å². The molecule has 2 aromatic rings. The van der Waals surface area contributed by atoms with Crippen LogP contribution in [0.5, 0.6) is 11.5 Å². The van der Waals surface area contributed by atoms with Gasteiger partial charge in [0.15, 0.2) is 0 Å². The highest BCUT2D eigenvalue weighted by Crippen LogP contribution is 2.28. The predicted molar refractivity (Wildman–Crippen MR) is 85.6 cm³/mol. The SMILES string of the molecule is COc1ccc(OCCCC(=O)Nc2ccc(C(F)(F)F)cn2)cc1. The van der Waals surface area contributed by atoms with E-state index in [1.165, 1.54) is 0 Å². The van der Waals surface area contributed by atoms with Crippen LogP contribution in [0.3, 0.4) is 0 Å². The Balaban J connectivity index is 1.71. The van der Waals surface area contributed by atoms with E-state index in [0.29, 0.717) is 25.0 Å². The number of aromatic nitrogens is 1. The number of pyridine rings is 1. The molecule has 0 saturated heterocycles. The van der Waals surface area contributed by atoms with Crippen LogP contribution in [0.2, 0.25) is 0 Å². The highest BCUT2D eigenvalue weighted by Gasteiger charge is 2.30.